The zero-order valence-corrected chi connectivity index (χ0v) is 11.9. The zero-order valence-electron chi connectivity index (χ0n) is 11.9. The van der Waals surface area contributed by atoms with Crippen LogP contribution in [0.25, 0.3) is 0 Å². The Hall–Kier alpha value is -0.610. The van der Waals surface area contributed by atoms with Gasteiger partial charge in [0, 0.05) is 25.0 Å². The van der Waals surface area contributed by atoms with Crippen LogP contribution in [0.1, 0.15) is 44.9 Å². The lowest BCUT2D eigenvalue weighted by Crippen LogP contribution is -2.47. The molecular weight excluding hydrogens is 238 g/mol. The fraction of sp³-hybridized carbons (Fsp3) is 0.933. The molecule has 0 saturated carbocycles. The molecule has 0 spiro atoms. The van der Waals surface area contributed by atoms with E-state index in [1.165, 1.54) is 32.4 Å². The third-order valence-electron chi connectivity index (χ3n) is 5.14. The third kappa shape index (κ3) is 3.29. The average Bonchev–Trinajstić information content (AvgIpc) is 2.83. The fourth-order valence-corrected chi connectivity index (χ4v) is 4.03. The van der Waals surface area contributed by atoms with Gasteiger partial charge in [-0.3, -0.25) is 9.69 Å². The molecule has 3 aliphatic rings. The van der Waals surface area contributed by atoms with E-state index in [1.54, 1.807) is 0 Å². The molecule has 19 heavy (non-hydrogen) atoms. The molecule has 3 aliphatic heterocycles. The number of rotatable bonds is 3. The van der Waals surface area contributed by atoms with Crippen molar-refractivity contribution in [1.82, 2.24) is 15.5 Å². The number of amides is 1. The summed E-state index contributed by atoms with van der Waals surface area (Å²) in [6.07, 6.45) is 8.17. The topological polar surface area (TPSA) is 44.4 Å². The Morgan fingerprint density at radius 1 is 1.11 bits per heavy atom. The molecule has 0 bridgehead atoms. The predicted octanol–water partition coefficient (Wildman–Crippen LogP) is 1.12. The van der Waals surface area contributed by atoms with Crippen molar-refractivity contribution in [3.05, 3.63) is 0 Å². The molecule has 3 fully saturated rings. The van der Waals surface area contributed by atoms with Gasteiger partial charge in [0.1, 0.15) is 0 Å². The highest BCUT2D eigenvalue weighted by molar-refractivity contribution is 5.76. The second-order valence-electron chi connectivity index (χ2n) is 6.46. The van der Waals surface area contributed by atoms with Gasteiger partial charge in [-0.05, 0) is 57.7 Å². The van der Waals surface area contributed by atoms with Crippen LogP contribution >= 0.6 is 0 Å². The highest BCUT2D eigenvalue weighted by Gasteiger charge is 2.36. The van der Waals surface area contributed by atoms with Crippen LogP contribution in [0.5, 0.6) is 0 Å². The molecule has 108 valence electrons. The number of hydrogen-bond donors (Lipinski definition) is 2. The summed E-state index contributed by atoms with van der Waals surface area (Å²) in [6, 6.07) is 1.06. The summed E-state index contributed by atoms with van der Waals surface area (Å²) in [5, 5.41) is 6.68. The SMILES string of the molecule is O=C(CC1CCNCC1)NC1CCN2CCCCC12. The molecule has 3 saturated heterocycles. The van der Waals surface area contributed by atoms with Crippen LogP contribution in [0.2, 0.25) is 0 Å². The Morgan fingerprint density at radius 3 is 2.79 bits per heavy atom. The number of piperidine rings is 2. The number of carbonyl (C=O) groups excluding carboxylic acids is 1. The molecule has 3 heterocycles. The van der Waals surface area contributed by atoms with E-state index in [1.807, 2.05) is 0 Å². The van der Waals surface area contributed by atoms with E-state index in [2.05, 4.69) is 15.5 Å². The number of fused-ring (bicyclic) bond motifs is 1. The lowest BCUT2D eigenvalue weighted by atomic mass is 9.93. The van der Waals surface area contributed by atoms with Crippen LogP contribution in [-0.2, 0) is 4.79 Å². The first-order valence-corrected chi connectivity index (χ1v) is 8.07. The van der Waals surface area contributed by atoms with Crippen molar-refractivity contribution in [2.45, 2.75) is 57.0 Å². The summed E-state index contributed by atoms with van der Waals surface area (Å²) in [5.74, 6) is 0.898. The van der Waals surface area contributed by atoms with Gasteiger partial charge in [-0.2, -0.15) is 0 Å². The van der Waals surface area contributed by atoms with Crippen molar-refractivity contribution < 1.29 is 4.79 Å². The van der Waals surface area contributed by atoms with E-state index in [-0.39, 0.29) is 0 Å². The minimum atomic E-state index is 0.296. The third-order valence-corrected chi connectivity index (χ3v) is 5.14. The molecule has 0 aromatic heterocycles. The monoisotopic (exact) mass is 265 g/mol. The Morgan fingerprint density at radius 2 is 1.95 bits per heavy atom. The number of hydrogen-bond acceptors (Lipinski definition) is 3. The van der Waals surface area contributed by atoms with Gasteiger partial charge in [-0.25, -0.2) is 0 Å². The number of carbonyl (C=O) groups is 1. The van der Waals surface area contributed by atoms with E-state index in [0.717, 1.165) is 38.8 Å². The first-order valence-electron chi connectivity index (χ1n) is 8.07. The van der Waals surface area contributed by atoms with Crippen LogP contribution in [0.3, 0.4) is 0 Å². The van der Waals surface area contributed by atoms with E-state index in [4.69, 9.17) is 0 Å². The van der Waals surface area contributed by atoms with Crippen LogP contribution in [0, 0.1) is 5.92 Å². The molecule has 0 aliphatic carbocycles. The van der Waals surface area contributed by atoms with Crippen LogP contribution < -0.4 is 10.6 Å². The van der Waals surface area contributed by atoms with Crippen LogP contribution in [0.15, 0.2) is 0 Å². The summed E-state index contributed by atoms with van der Waals surface area (Å²) in [5.41, 5.74) is 0. The Balaban J connectivity index is 1.46. The van der Waals surface area contributed by atoms with Crippen molar-refractivity contribution in [3.8, 4) is 0 Å². The summed E-state index contributed by atoms with van der Waals surface area (Å²) < 4.78 is 0. The smallest absolute Gasteiger partial charge is 0.220 e. The second-order valence-corrected chi connectivity index (χ2v) is 6.46. The Kier molecular flexibility index (Phi) is 4.38. The molecule has 0 aromatic rings. The van der Waals surface area contributed by atoms with E-state index in [9.17, 15) is 4.79 Å². The van der Waals surface area contributed by atoms with Crippen molar-refractivity contribution in [1.29, 1.82) is 0 Å². The van der Waals surface area contributed by atoms with E-state index in [0.29, 0.717) is 23.9 Å². The lowest BCUT2D eigenvalue weighted by molar-refractivity contribution is -0.123. The molecule has 2 unspecified atom stereocenters. The molecule has 0 radical (unpaired) electrons. The molecule has 0 aromatic carbocycles. The van der Waals surface area contributed by atoms with Crippen LogP contribution in [0.4, 0.5) is 0 Å². The first-order chi connectivity index (χ1) is 9.33. The van der Waals surface area contributed by atoms with Gasteiger partial charge in [0.15, 0.2) is 0 Å². The second kappa shape index (κ2) is 6.23. The Bertz CT molecular complexity index is 315. The van der Waals surface area contributed by atoms with Gasteiger partial charge >= 0.3 is 0 Å². The highest BCUT2D eigenvalue weighted by atomic mass is 16.1. The van der Waals surface area contributed by atoms with Gasteiger partial charge in [0.05, 0.1) is 0 Å². The van der Waals surface area contributed by atoms with Crippen molar-refractivity contribution in [2.24, 2.45) is 5.92 Å². The van der Waals surface area contributed by atoms with Gasteiger partial charge < -0.3 is 10.6 Å². The van der Waals surface area contributed by atoms with E-state index < -0.39 is 0 Å². The van der Waals surface area contributed by atoms with Crippen molar-refractivity contribution in [3.63, 3.8) is 0 Å². The standard InChI is InChI=1S/C15H27N3O/c19-15(11-12-4-7-16-8-5-12)17-13-6-10-18-9-2-1-3-14(13)18/h12-14,16H,1-11H2,(H,17,19). The average molecular weight is 265 g/mol. The van der Waals surface area contributed by atoms with Gasteiger partial charge in [-0.1, -0.05) is 6.42 Å². The normalized spacial score (nSPS) is 33.1. The maximum absolute atomic E-state index is 12.2. The molecule has 1 amide bonds. The first kappa shape index (κ1) is 13.4. The van der Waals surface area contributed by atoms with Crippen molar-refractivity contribution >= 4 is 5.91 Å². The minimum Gasteiger partial charge on any atom is -0.352 e. The highest BCUT2D eigenvalue weighted by Crippen LogP contribution is 2.27. The number of nitrogens with zero attached hydrogens (tertiary/aromatic N) is 1. The van der Waals surface area contributed by atoms with Gasteiger partial charge in [0.25, 0.3) is 0 Å². The maximum atomic E-state index is 12.2. The molecular formula is C15H27N3O. The minimum absolute atomic E-state index is 0.296. The van der Waals surface area contributed by atoms with Gasteiger partial charge in [0.2, 0.25) is 5.91 Å². The van der Waals surface area contributed by atoms with E-state index >= 15 is 0 Å². The predicted molar refractivity (Wildman–Crippen MR) is 76.0 cm³/mol. The fourth-order valence-electron chi connectivity index (χ4n) is 4.03. The number of nitrogens with one attached hydrogen (secondary N) is 2. The molecule has 4 nitrogen and oxygen atoms in total. The molecule has 2 N–H and O–H groups in total. The van der Waals surface area contributed by atoms with Crippen molar-refractivity contribution in [2.75, 3.05) is 26.2 Å². The molecule has 2 atom stereocenters. The van der Waals surface area contributed by atoms with Gasteiger partial charge in [-0.15, -0.1) is 0 Å². The summed E-state index contributed by atoms with van der Waals surface area (Å²) in [4.78, 5) is 14.8. The van der Waals surface area contributed by atoms with Crippen LogP contribution in [-0.4, -0.2) is 49.1 Å². The summed E-state index contributed by atoms with van der Waals surface area (Å²) in [7, 11) is 0. The molecule has 3 rings (SSSR count). The Labute approximate surface area is 116 Å². The molecule has 4 heteroatoms. The summed E-state index contributed by atoms with van der Waals surface area (Å²) >= 11 is 0. The quantitative estimate of drug-likeness (QED) is 0.804. The summed E-state index contributed by atoms with van der Waals surface area (Å²) in [6.45, 7) is 4.59. The lowest BCUT2D eigenvalue weighted by Gasteiger charge is -2.32. The largest absolute Gasteiger partial charge is 0.352 e. The zero-order chi connectivity index (χ0) is 13.1. The maximum Gasteiger partial charge on any atom is 0.220 e.